The van der Waals surface area contributed by atoms with Crippen LogP contribution in [-0.4, -0.2) is 6.54 Å². The Kier molecular flexibility index (Phi) is 4.06. The number of benzene rings is 2. The topological polar surface area (TPSA) is 26.0 Å². The third-order valence-corrected chi connectivity index (χ3v) is 4.28. The van der Waals surface area contributed by atoms with Gasteiger partial charge in [0, 0.05) is 12.5 Å². The van der Waals surface area contributed by atoms with E-state index in [1.165, 1.54) is 33.4 Å². The van der Waals surface area contributed by atoms with E-state index in [0.29, 0.717) is 12.5 Å². The summed E-state index contributed by atoms with van der Waals surface area (Å²) in [5.74, 6) is 0.291. The second-order valence-electron chi connectivity index (χ2n) is 5.37. The summed E-state index contributed by atoms with van der Waals surface area (Å²) in [4.78, 5) is 0. The minimum atomic E-state index is 0.291. The molecule has 0 spiro atoms. The van der Waals surface area contributed by atoms with Crippen molar-refractivity contribution in [3.8, 4) is 0 Å². The molecule has 0 radical (unpaired) electrons. The van der Waals surface area contributed by atoms with Crippen LogP contribution < -0.4 is 5.73 Å². The lowest BCUT2D eigenvalue weighted by atomic mass is 9.84. The first kappa shape index (κ1) is 13.8. The summed E-state index contributed by atoms with van der Waals surface area (Å²) >= 11 is 0. The minimum Gasteiger partial charge on any atom is -0.330 e. The predicted octanol–water partition coefficient (Wildman–Crippen LogP) is 4.01. The van der Waals surface area contributed by atoms with E-state index in [1.54, 1.807) is 0 Å². The molecule has 2 aromatic carbocycles. The zero-order valence-corrected chi connectivity index (χ0v) is 12.3. The van der Waals surface area contributed by atoms with E-state index in [9.17, 15) is 0 Å². The lowest BCUT2D eigenvalue weighted by Crippen LogP contribution is -2.16. The molecular weight excluding hydrogens is 230 g/mol. The second-order valence-corrected chi connectivity index (χ2v) is 5.37. The van der Waals surface area contributed by atoms with Crippen molar-refractivity contribution in [2.24, 2.45) is 5.73 Å². The van der Waals surface area contributed by atoms with Gasteiger partial charge in [0.15, 0.2) is 0 Å². The summed E-state index contributed by atoms with van der Waals surface area (Å²) in [6, 6.07) is 13.0. The molecule has 2 aromatic rings. The molecule has 1 heteroatoms. The van der Waals surface area contributed by atoms with Gasteiger partial charge in [0.05, 0.1) is 0 Å². The molecule has 0 heterocycles. The maximum absolute atomic E-state index is 6.07. The van der Waals surface area contributed by atoms with Gasteiger partial charge in [0.2, 0.25) is 0 Å². The molecule has 100 valence electrons. The van der Waals surface area contributed by atoms with E-state index in [1.807, 2.05) is 0 Å². The van der Waals surface area contributed by atoms with Gasteiger partial charge < -0.3 is 5.73 Å². The summed E-state index contributed by atoms with van der Waals surface area (Å²) < 4.78 is 0. The fourth-order valence-corrected chi connectivity index (χ4v) is 2.72. The van der Waals surface area contributed by atoms with E-state index >= 15 is 0 Å². The van der Waals surface area contributed by atoms with Crippen molar-refractivity contribution in [2.75, 3.05) is 6.54 Å². The van der Waals surface area contributed by atoms with Crippen LogP contribution in [0, 0.1) is 27.7 Å². The van der Waals surface area contributed by atoms with Crippen molar-refractivity contribution >= 4 is 0 Å². The molecule has 19 heavy (non-hydrogen) atoms. The summed E-state index contributed by atoms with van der Waals surface area (Å²) in [5.41, 5.74) is 14.2. The Bertz CT molecular complexity index is 533. The molecule has 0 saturated carbocycles. The highest BCUT2D eigenvalue weighted by atomic mass is 14.6. The molecule has 0 aliphatic carbocycles. The Hall–Kier alpha value is -1.60. The van der Waals surface area contributed by atoms with Crippen molar-refractivity contribution in [1.29, 1.82) is 0 Å². The normalized spacial score (nSPS) is 11.1. The van der Waals surface area contributed by atoms with Gasteiger partial charge in [-0.05, 0) is 61.1 Å². The van der Waals surface area contributed by atoms with Crippen molar-refractivity contribution < 1.29 is 0 Å². The van der Waals surface area contributed by atoms with Crippen LogP contribution in [0.25, 0.3) is 0 Å². The first-order chi connectivity index (χ1) is 9.06. The average molecular weight is 253 g/mol. The minimum absolute atomic E-state index is 0.291. The van der Waals surface area contributed by atoms with E-state index < -0.39 is 0 Å². The molecule has 0 unspecified atom stereocenters. The Morgan fingerprint density at radius 1 is 0.789 bits per heavy atom. The van der Waals surface area contributed by atoms with E-state index in [2.05, 4.69) is 64.1 Å². The van der Waals surface area contributed by atoms with Crippen molar-refractivity contribution in [3.05, 3.63) is 69.8 Å². The third-order valence-electron chi connectivity index (χ3n) is 4.28. The van der Waals surface area contributed by atoms with Gasteiger partial charge in [-0.2, -0.15) is 0 Å². The fraction of sp³-hybridized carbons (Fsp3) is 0.333. The molecule has 0 aromatic heterocycles. The lowest BCUT2D eigenvalue weighted by molar-refractivity contribution is 0.802. The van der Waals surface area contributed by atoms with Crippen LogP contribution in [0.15, 0.2) is 36.4 Å². The van der Waals surface area contributed by atoms with Crippen LogP contribution in [0.4, 0.5) is 0 Å². The number of hydrogen-bond acceptors (Lipinski definition) is 1. The lowest BCUT2D eigenvalue weighted by Gasteiger charge is -2.22. The Morgan fingerprint density at radius 2 is 1.21 bits per heavy atom. The largest absolute Gasteiger partial charge is 0.330 e. The van der Waals surface area contributed by atoms with Gasteiger partial charge in [-0.1, -0.05) is 36.4 Å². The van der Waals surface area contributed by atoms with Crippen molar-refractivity contribution in [3.63, 3.8) is 0 Å². The number of hydrogen-bond donors (Lipinski definition) is 1. The molecule has 0 aliphatic rings. The summed E-state index contributed by atoms with van der Waals surface area (Å²) in [5, 5.41) is 0. The summed E-state index contributed by atoms with van der Waals surface area (Å²) in [6.45, 7) is 9.36. The molecule has 1 nitrogen and oxygen atoms in total. The molecule has 2 rings (SSSR count). The third kappa shape index (κ3) is 2.57. The van der Waals surface area contributed by atoms with Gasteiger partial charge >= 0.3 is 0 Å². The monoisotopic (exact) mass is 253 g/mol. The quantitative estimate of drug-likeness (QED) is 0.878. The zero-order valence-electron chi connectivity index (χ0n) is 12.3. The highest BCUT2D eigenvalue weighted by Gasteiger charge is 2.17. The number of nitrogens with two attached hydrogens (primary N) is 1. The van der Waals surface area contributed by atoms with E-state index in [0.717, 1.165) is 0 Å². The first-order valence-corrected chi connectivity index (χ1v) is 6.88. The fourth-order valence-electron chi connectivity index (χ4n) is 2.72. The Balaban J connectivity index is 2.57. The van der Waals surface area contributed by atoms with Crippen molar-refractivity contribution in [1.82, 2.24) is 0 Å². The van der Waals surface area contributed by atoms with Crippen LogP contribution in [0.5, 0.6) is 0 Å². The maximum Gasteiger partial charge on any atom is 0.0217 e. The van der Waals surface area contributed by atoms with E-state index in [4.69, 9.17) is 5.73 Å². The van der Waals surface area contributed by atoms with Crippen LogP contribution in [0.2, 0.25) is 0 Å². The van der Waals surface area contributed by atoms with Crippen LogP contribution in [-0.2, 0) is 0 Å². The highest BCUT2D eigenvalue weighted by molar-refractivity contribution is 5.45. The summed E-state index contributed by atoms with van der Waals surface area (Å²) in [6.07, 6.45) is 0. The van der Waals surface area contributed by atoms with Crippen LogP contribution in [0.3, 0.4) is 0 Å². The Labute approximate surface area is 116 Å². The van der Waals surface area contributed by atoms with Crippen LogP contribution in [0.1, 0.15) is 39.3 Å². The first-order valence-electron chi connectivity index (χ1n) is 6.88. The van der Waals surface area contributed by atoms with Crippen LogP contribution >= 0.6 is 0 Å². The van der Waals surface area contributed by atoms with Gasteiger partial charge in [0.25, 0.3) is 0 Å². The van der Waals surface area contributed by atoms with Gasteiger partial charge in [-0.25, -0.2) is 0 Å². The molecule has 0 bridgehead atoms. The molecule has 0 fully saturated rings. The SMILES string of the molecule is Cc1cccc(C(CN)c2cccc(C)c2C)c1C. The van der Waals surface area contributed by atoms with Crippen molar-refractivity contribution in [2.45, 2.75) is 33.6 Å². The second kappa shape index (κ2) is 5.58. The molecule has 0 atom stereocenters. The van der Waals surface area contributed by atoms with Gasteiger partial charge in [-0.15, -0.1) is 0 Å². The van der Waals surface area contributed by atoms with E-state index in [-0.39, 0.29) is 0 Å². The number of rotatable bonds is 3. The molecular formula is C18H23N. The highest BCUT2D eigenvalue weighted by Crippen LogP contribution is 2.30. The molecule has 0 amide bonds. The standard InChI is InChI=1S/C18H23N/c1-12-7-5-9-16(14(12)3)18(11-19)17-10-6-8-13(2)15(17)4/h5-10,18H,11,19H2,1-4H3. The van der Waals surface area contributed by atoms with Gasteiger partial charge in [-0.3, -0.25) is 0 Å². The Morgan fingerprint density at radius 3 is 1.58 bits per heavy atom. The predicted molar refractivity (Wildman–Crippen MR) is 82.7 cm³/mol. The summed E-state index contributed by atoms with van der Waals surface area (Å²) in [7, 11) is 0. The maximum atomic E-state index is 6.07. The molecule has 0 aliphatic heterocycles. The molecule has 0 saturated heterocycles. The van der Waals surface area contributed by atoms with Gasteiger partial charge in [0.1, 0.15) is 0 Å². The smallest absolute Gasteiger partial charge is 0.0217 e. The number of aryl methyl sites for hydroxylation is 2. The zero-order chi connectivity index (χ0) is 14.0. The molecule has 2 N–H and O–H groups in total. The average Bonchev–Trinajstić information content (AvgIpc) is 2.40.